The topological polar surface area (TPSA) is 149 Å². The average Bonchev–Trinajstić information content (AvgIpc) is 3.10. The summed E-state index contributed by atoms with van der Waals surface area (Å²) in [6, 6.07) is -0.794. The molecule has 1 fully saturated rings. The van der Waals surface area contributed by atoms with Crippen LogP contribution in [0.1, 0.15) is 181 Å². The van der Waals surface area contributed by atoms with Gasteiger partial charge in [-0.3, -0.25) is 4.79 Å². The van der Waals surface area contributed by atoms with Crippen molar-refractivity contribution >= 4 is 5.91 Å². The van der Waals surface area contributed by atoms with Crippen molar-refractivity contribution in [1.82, 2.24) is 5.32 Å². The van der Waals surface area contributed by atoms with Crippen LogP contribution in [0.5, 0.6) is 0 Å². The third kappa shape index (κ3) is 23.2. The zero-order chi connectivity index (χ0) is 36.0. The van der Waals surface area contributed by atoms with Crippen molar-refractivity contribution in [2.24, 2.45) is 0 Å². The molecule has 7 unspecified atom stereocenters. The summed E-state index contributed by atoms with van der Waals surface area (Å²) >= 11 is 0. The molecule has 0 aliphatic carbocycles. The van der Waals surface area contributed by atoms with Crippen LogP contribution in [-0.2, 0) is 14.3 Å². The van der Waals surface area contributed by atoms with E-state index in [0.29, 0.717) is 6.42 Å². The fourth-order valence-electron chi connectivity index (χ4n) is 6.49. The second-order valence-electron chi connectivity index (χ2n) is 14.4. The Hall–Kier alpha value is -1.07. The first kappa shape index (κ1) is 46.0. The van der Waals surface area contributed by atoms with Gasteiger partial charge in [-0.05, 0) is 19.3 Å². The lowest BCUT2D eigenvalue weighted by Gasteiger charge is -2.40. The van der Waals surface area contributed by atoms with E-state index in [1.54, 1.807) is 6.08 Å². The van der Waals surface area contributed by atoms with E-state index in [9.17, 15) is 30.3 Å². The number of rotatable bonds is 33. The third-order valence-electron chi connectivity index (χ3n) is 9.86. The normalized spacial score (nSPS) is 22.5. The van der Waals surface area contributed by atoms with Gasteiger partial charge in [0.25, 0.3) is 0 Å². The molecule has 0 aromatic heterocycles. The molecule has 0 saturated carbocycles. The first-order chi connectivity index (χ1) is 23.8. The predicted octanol–water partition coefficient (Wildman–Crippen LogP) is 7.39. The number of aliphatic hydroxyl groups is 5. The summed E-state index contributed by atoms with van der Waals surface area (Å²) in [7, 11) is 0. The Morgan fingerprint density at radius 2 is 1.12 bits per heavy atom. The summed E-state index contributed by atoms with van der Waals surface area (Å²) in [6.45, 7) is 3.52. The fourth-order valence-corrected chi connectivity index (χ4v) is 6.49. The molecule has 9 nitrogen and oxygen atoms in total. The number of unbranched alkanes of at least 4 members (excludes halogenated alkanes) is 23. The standard InChI is InChI=1S/C40H77NO8/c1-3-5-7-8-9-10-11-12-13-14-15-16-17-18-19-20-21-22-23-24-25-26-27-28-29-34(43)33(41-36(44)30-6-4-2)32-48-40-39(47)38(46)37(45)35(31-42)49-40/h28-29,33-35,37-40,42-43,45-47H,3-27,30-32H2,1-2H3,(H,41,44)/b29-28+. The first-order valence-electron chi connectivity index (χ1n) is 20.4. The Kier molecular flexibility index (Phi) is 29.7. The van der Waals surface area contributed by atoms with E-state index >= 15 is 0 Å². The van der Waals surface area contributed by atoms with Crippen molar-refractivity contribution in [2.45, 2.75) is 224 Å². The van der Waals surface area contributed by atoms with E-state index in [1.165, 1.54) is 128 Å². The van der Waals surface area contributed by atoms with Gasteiger partial charge in [0, 0.05) is 6.42 Å². The number of allylic oxidation sites excluding steroid dienone is 1. The molecule has 6 N–H and O–H groups in total. The number of ether oxygens (including phenoxy) is 2. The van der Waals surface area contributed by atoms with E-state index in [-0.39, 0.29) is 12.5 Å². The lowest BCUT2D eigenvalue weighted by molar-refractivity contribution is -0.302. The van der Waals surface area contributed by atoms with E-state index < -0.39 is 49.5 Å². The van der Waals surface area contributed by atoms with Crippen LogP contribution in [0.15, 0.2) is 12.2 Å². The van der Waals surface area contributed by atoms with Gasteiger partial charge in [0.2, 0.25) is 5.91 Å². The minimum atomic E-state index is -1.56. The number of carbonyl (C=O) groups excluding carboxylic acids is 1. The van der Waals surface area contributed by atoms with E-state index in [2.05, 4.69) is 12.2 Å². The van der Waals surface area contributed by atoms with Gasteiger partial charge in [-0.25, -0.2) is 0 Å². The number of nitrogens with one attached hydrogen (secondary N) is 1. The Labute approximate surface area is 299 Å². The molecule has 1 amide bonds. The van der Waals surface area contributed by atoms with Crippen LogP contribution in [0.25, 0.3) is 0 Å². The highest BCUT2D eigenvalue weighted by molar-refractivity contribution is 5.76. The van der Waals surface area contributed by atoms with Crippen LogP contribution in [0.4, 0.5) is 0 Å². The molecule has 1 saturated heterocycles. The van der Waals surface area contributed by atoms with Gasteiger partial charge in [0.1, 0.15) is 24.4 Å². The van der Waals surface area contributed by atoms with Gasteiger partial charge in [0.15, 0.2) is 6.29 Å². The average molecular weight is 700 g/mol. The molecule has 1 aliphatic rings. The summed E-state index contributed by atoms with van der Waals surface area (Å²) in [5, 5.41) is 53.3. The van der Waals surface area contributed by atoms with Gasteiger partial charge in [-0.1, -0.05) is 167 Å². The number of amides is 1. The van der Waals surface area contributed by atoms with Crippen molar-refractivity contribution in [3.05, 3.63) is 12.2 Å². The molecule has 1 aliphatic heterocycles. The van der Waals surface area contributed by atoms with Gasteiger partial charge >= 0.3 is 0 Å². The van der Waals surface area contributed by atoms with Crippen LogP contribution in [-0.4, -0.2) is 87.5 Å². The van der Waals surface area contributed by atoms with Crippen molar-refractivity contribution in [3.63, 3.8) is 0 Å². The molecule has 0 aromatic carbocycles. The van der Waals surface area contributed by atoms with Gasteiger partial charge in [-0.15, -0.1) is 0 Å². The monoisotopic (exact) mass is 700 g/mol. The van der Waals surface area contributed by atoms with E-state index in [0.717, 1.165) is 32.1 Å². The highest BCUT2D eigenvalue weighted by Gasteiger charge is 2.44. The largest absolute Gasteiger partial charge is 0.394 e. The molecule has 1 heterocycles. The highest BCUT2D eigenvalue weighted by Crippen LogP contribution is 2.22. The summed E-state index contributed by atoms with van der Waals surface area (Å²) in [5.74, 6) is -0.212. The van der Waals surface area contributed by atoms with E-state index in [1.807, 2.05) is 13.0 Å². The van der Waals surface area contributed by atoms with Gasteiger partial charge in [0.05, 0.1) is 25.4 Å². The summed E-state index contributed by atoms with van der Waals surface area (Å²) in [4.78, 5) is 12.4. The molecule has 290 valence electrons. The molecule has 0 spiro atoms. The summed E-state index contributed by atoms with van der Waals surface area (Å²) in [5.41, 5.74) is 0. The van der Waals surface area contributed by atoms with Crippen LogP contribution >= 0.6 is 0 Å². The Bertz CT molecular complexity index is 781. The van der Waals surface area contributed by atoms with Crippen molar-refractivity contribution < 1.29 is 39.8 Å². The Balaban J connectivity index is 2.12. The highest BCUT2D eigenvalue weighted by atomic mass is 16.7. The smallest absolute Gasteiger partial charge is 0.220 e. The van der Waals surface area contributed by atoms with Crippen LogP contribution in [0.3, 0.4) is 0 Å². The number of hydrogen-bond donors (Lipinski definition) is 6. The lowest BCUT2D eigenvalue weighted by atomic mass is 9.99. The second kappa shape index (κ2) is 31.6. The maximum atomic E-state index is 12.4. The molecular formula is C40H77NO8. The van der Waals surface area contributed by atoms with Crippen LogP contribution in [0, 0.1) is 0 Å². The molecule has 0 bridgehead atoms. The zero-order valence-corrected chi connectivity index (χ0v) is 31.5. The second-order valence-corrected chi connectivity index (χ2v) is 14.4. The Morgan fingerprint density at radius 3 is 1.57 bits per heavy atom. The minimum Gasteiger partial charge on any atom is -0.394 e. The summed E-state index contributed by atoms with van der Waals surface area (Å²) in [6.07, 6.45) is 28.2. The predicted molar refractivity (Wildman–Crippen MR) is 198 cm³/mol. The molecule has 9 heteroatoms. The SMILES string of the molecule is CCCCCCCCCCCCCCCCCCCCCCCC/C=C/C(O)C(COC1OC(CO)C(O)C(O)C1O)NC(=O)CCCC. The third-order valence-corrected chi connectivity index (χ3v) is 9.86. The van der Waals surface area contributed by atoms with Gasteiger partial charge in [-0.2, -0.15) is 0 Å². The molecule has 7 atom stereocenters. The van der Waals surface area contributed by atoms with Crippen LogP contribution < -0.4 is 5.32 Å². The van der Waals surface area contributed by atoms with Crippen molar-refractivity contribution in [1.29, 1.82) is 0 Å². The maximum Gasteiger partial charge on any atom is 0.220 e. The summed E-state index contributed by atoms with van der Waals surface area (Å²) < 4.78 is 11.0. The van der Waals surface area contributed by atoms with Crippen molar-refractivity contribution in [3.8, 4) is 0 Å². The minimum absolute atomic E-state index is 0.189. The Morgan fingerprint density at radius 1 is 0.673 bits per heavy atom. The number of hydrogen-bond acceptors (Lipinski definition) is 8. The fraction of sp³-hybridized carbons (Fsp3) is 0.925. The molecule has 0 radical (unpaired) electrons. The quantitative estimate of drug-likeness (QED) is 0.0307. The number of carbonyl (C=O) groups is 1. The van der Waals surface area contributed by atoms with E-state index in [4.69, 9.17) is 9.47 Å². The maximum absolute atomic E-state index is 12.4. The number of aliphatic hydroxyl groups excluding tert-OH is 5. The van der Waals surface area contributed by atoms with Crippen molar-refractivity contribution in [2.75, 3.05) is 13.2 Å². The lowest BCUT2D eigenvalue weighted by Crippen LogP contribution is -2.60. The molecule has 49 heavy (non-hydrogen) atoms. The molecule has 1 rings (SSSR count). The molecule has 0 aromatic rings. The first-order valence-corrected chi connectivity index (χ1v) is 20.4. The zero-order valence-electron chi connectivity index (χ0n) is 31.5. The van der Waals surface area contributed by atoms with Gasteiger partial charge < -0.3 is 40.3 Å². The molecular weight excluding hydrogens is 622 g/mol. The van der Waals surface area contributed by atoms with Crippen LogP contribution in [0.2, 0.25) is 0 Å².